The van der Waals surface area contributed by atoms with Crippen LogP contribution in [0.25, 0.3) is 0 Å². The van der Waals surface area contributed by atoms with E-state index in [1.165, 1.54) is 7.11 Å². The second-order valence-electron chi connectivity index (χ2n) is 0.793. The Labute approximate surface area is 42.5 Å². The zero-order valence-electron chi connectivity index (χ0n) is 4.02. The van der Waals surface area contributed by atoms with Crippen LogP contribution in [0.1, 0.15) is 0 Å². The van der Waals surface area contributed by atoms with Crippen molar-refractivity contribution in [3.05, 3.63) is 6.92 Å². The highest BCUT2D eigenvalue weighted by molar-refractivity contribution is 5.88. The SMILES string of the molecule is [CH2]C#CC(=O)OC. The van der Waals surface area contributed by atoms with Gasteiger partial charge in [0.25, 0.3) is 0 Å². The Bertz CT molecular complexity index is 116. The molecule has 0 spiro atoms. The fraction of sp³-hybridized carbons (Fsp3) is 0.200. The third-order valence-corrected chi connectivity index (χ3v) is 0.376. The van der Waals surface area contributed by atoms with Gasteiger partial charge in [0.15, 0.2) is 0 Å². The van der Waals surface area contributed by atoms with Gasteiger partial charge in [-0.3, -0.25) is 0 Å². The van der Waals surface area contributed by atoms with Gasteiger partial charge in [-0.05, 0) is 0 Å². The molecule has 1 radical (unpaired) electrons. The molecule has 0 N–H and O–H groups in total. The number of rotatable bonds is 0. The maximum absolute atomic E-state index is 9.98. The van der Waals surface area contributed by atoms with Gasteiger partial charge in [0.05, 0.1) is 7.11 Å². The lowest BCUT2D eigenvalue weighted by molar-refractivity contribution is -0.133. The number of hydrogen-bond donors (Lipinski definition) is 0. The zero-order chi connectivity index (χ0) is 5.70. The van der Waals surface area contributed by atoms with Gasteiger partial charge in [0.2, 0.25) is 0 Å². The Kier molecular flexibility index (Phi) is 2.78. The van der Waals surface area contributed by atoms with E-state index in [0.29, 0.717) is 0 Å². The second kappa shape index (κ2) is 3.23. The summed E-state index contributed by atoms with van der Waals surface area (Å²) >= 11 is 0. The predicted octanol–water partition coefficient (Wildman–Crippen LogP) is -0.00311. The number of ether oxygens (including phenoxy) is 1. The molecule has 0 bridgehead atoms. The molecule has 0 aliphatic rings. The molecule has 0 aromatic rings. The minimum atomic E-state index is -0.546. The summed E-state index contributed by atoms with van der Waals surface area (Å²) in [5.74, 6) is 3.67. The number of hydrogen-bond acceptors (Lipinski definition) is 2. The van der Waals surface area contributed by atoms with Crippen LogP contribution < -0.4 is 0 Å². The highest BCUT2D eigenvalue weighted by Crippen LogP contribution is 1.64. The largest absolute Gasteiger partial charge is 0.459 e. The quantitative estimate of drug-likeness (QED) is 0.241. The van der Waals surface area contributed by atoms with E-state index in [2.05, 4.69) is 23.5 Å². The standard InChI is InChI=1S/C5H5O2/c1-3-4-5(6)7-2/h1H2,2H3. The van der Waals surface area contributed by atoms with E-state index in [9.17, 15) is 4.79 Å². The monoisotopic (exact) mass is 97.0 g/mol. The molecular weight excluding hydrogens is 92.1 g/mol. The molecule has 0 aromatic heterocycles. The van der Waals surface area contributed by atoms with E-state index in [1.807, 2.05) is 0 Å². The van der Waals surface area contributed by atoms with Crippen molar-refractivity contribution in [1.29, 1.82) is 0 Å². The molecule has 37 valence electrons. The first-order chi connectivity index (χ1) is 3.31. The first-order valence-corrected chi connectivity index (χ1v) is 1.67. The van der Waals surface area contributed by atoms with Crippen molar-refractivity contribution in [3.63, 3.8) is 0 Å². The second-order valence-corrected chi connectivity index (χ2v) is 0.793. The highest BCUT2D eigenvalue weighted by atomic mass is 16.5. The molecule has 0 aliphatic heterocycles. The molecule has 0 fully saturated rings. The lowest BCUT2D eigenvalue weighted by Crippen LogP contribution is -1.93. The van der Waals surface area contributed by atoms with Crippen LogP contribution in [0.3, 0.4) is 0 Å². The van der Waals surface area contributed by atoms with Crippen molar-refractivity contribution >= 4 is 5.97 Å². The molecule has 0 unspecified atom stereocenters. The number of methoxy groups -OCH3 is 1. The van der Waals surface area contributed by atoms with E-state index < -0.39 is 5.97 Å². The molecule has 2 heteroatoms. The minimum Gasteiger partial charge on any atom is -0.459 e. The molecule has 0 rings (SSSR count). The average Bonchev–Trinajstić information content (AvgIpc) is 1.68. The van der Waals surface area contributed by atoms with Gasteiger partial charge in [0, 0.05) is 12.8 Å². The fourth-order valence-corrected chi connectivity index (χ4v) is 0.123. The molecule has 0 aromatic carbocycles. The van der Waals surface area contributed by atoms with E-state index in [4.69, 9.17) is 0 Å². The summed E-state index contributed by atoms with van der Waals surface area (Å²) in [6, 6.07) is 0. The van der Waals surface area contributed by atoms with Crippen molar-refractivity contribution in [2.45, 2.75) is 0 Å². The van der Waals surface area contributed by atoms with Crippen LogP contribution >= 0.6 is 0 Å². The lowest BCUT2D eigenvalue weighted by Gasteiger charge is -1.81. The summed E-state index contributed by atoms with van der Waals surface area (Å²) in [5, 5.41) is 0. The van der Waals surface area contributed by atoms with Gasteiger partial charge in [0.1, 0.15) is 0 Å². The minimum absolute atomic E-state index is 0.546. The van der Waals surface area contributed by atoms with Crippen LogP contribution in [-0.4, -0.2) is 13.1 Å². The third-order valence-electron chi connectivity index (χ3n) is 0.376. The van der Waals surface area contributed by atoms with Gasteiger partial charge in [-0.1, -0.05) is 5.92 Å². The van der Waals surface area contributed by atoms with Gasteiger partial charge >= 0.3 is 5.97 Å². The Balaban J connectivity index is 3.52. The molecule has 0 saturated heterocycles. The molecule has 0 aliphatic carbocycles. The van der Waals surface area contributed by atoms with Gasteiger partial charge in [-0.15, -0.1) is 0 Å². The molecule has 2 nitrogen and oxygen atoms in total. The van der Waals surface area contributed by atoms with Crippen LogP contribution in [0.2, 0.25) is 0 Å². The summed E-state index contributed by atoms with van der Waals surface area (Å²) in [5.41, 5.74) is 0. The van der Waals surface area contributed by atoms with Gasteiger partial charge < -0.3 is 4.74 Å². The molecule has 7 heavy (non-hydrogen) atoms. The lowest BCUT2D eigenvalue weighted by atomic mass is 10.6. The molecule has 0 saturated carbocycles. The fourth-order valence-electron chi connectivity index (χ4n) is 0.123. The molecule has 0 heterocycles. The molecular formula is C5H5O2. The Morgan fingerprint density at radius 1 is 1.86 bits per heavy atom. The Hall–Kier alpha value is -0.970. The van der Waals surface area contributed by atoms with E-state index in [0.717, 1.165) is 0 Å². The summed E-state index contributed by atoms with van der Waals surface area (Å²) in [6.45, 7) is 3.11. The number of carbonyl (C=O) groups is 1. The van der Waals surface area contributed by atoms with Crippen molar-refractivity contribution in [2.24, 2.45) is 0 Å². The third kappa shape index (κ3) is 2.84. The summed E-state index contributed by atoms with van der Waals surface area (Å²) in [4.78, 5) is 9.98. The topological polar surface area (TPSA) is 26.3 Å². The number of esters is 1. The molecule has 0 atom stereocenters. The smallest absolute Gasteiger partial charge is 0.384 e. The van der Waals surface area contributed by atoms with Crippen LogP contribution in [-0.2, 0) is 9.53 Å². The van der Waals surface area contributed by atoms with Crippen LogP contribution in [0.5, 0.6) is 0 Å². The Morgan fingerprint density at radius 3 is 2.57 bits per heavy atom. The van der Waals surface area contributed by atoms with Crippen molar-refractivity contribution < 1.29 is 9.53 Å². The van der Waals surface area contributed by atoms with Crippen LogP contribution in [0.4, 0.5) is 0 Å². The summed E-state index contributed by atoms with van der Waals surface area (Å²) in [6.07, 6.45) is 0. The highest BCUT2D eigenvalue weighted by Gasteiger charge is 1.84. The maximum atomic E-state index is 9.98. The van der Waals surface area contributed by atoms with Gasteiger partial charge in [-0.25, -0.2) is 4.79 Å². The average molecular weight is 97.1 g/mol. The van der Waals surface area contributed by atoms with Gasteiger partial charge in [-0.2, -0.15) is 0 Å². The van der Waals surface area contributed by atoms with E-state index in [1.54, 1.807) is 0 Å². The molecule has 0 amide bonds. The normalized spacial score (nSPS) is 6.00. The van der Waals surface area contributed by atoms with Crippen molar-refractivity contribution in [3.8, 4) is 11.8 Å². The van der Waals surface area contributed by atoms with Crippen LogP contribution in [0, 0.1) is 18.8 Å². The van der Waals surface area contributed by atoms with Crippen molar-refractivity contribution in [2.75, 3.05) is 7.11 Å². The van der Waals surface area contributed by atoms with Crippen LogP contribution in [0.15, 0.2) is 0 Å². The first kappa shape index (κ1) is 6.03. The first-order valence-electron chi connectivity index (χ1n) is 1.67. The zero-order valence-corrected chi connectivity index (χ0v) is 4.02. The maximum Gasteiger partial charge on any atom is 0.384 e. The summed E-state index contributed by atoms with van der Waals surface area (Å²) in [7, 11) is 1.27. The Morgan fingerprint density at radius 2 is 2.43 bits per heavy atom. The number of carbonyl (C=O) groups excluding carboxylic acids is 1. The van der Waals surface area contributed by atoms with E-state index in [-0.39, 0.29) is 0 Å². The van der Waals surface area contributed by atoms with E-state index >= 15 is 0 Å². The van der Waals surface area contributed by atoms with Crippen molar-refractivity contribution in [1.82, 2.24) is 0 Å². The predicted molar refractivity (Wildman–Crippen MR) is 25.1 cm³/mol. The summed E-state index contributed by atoms with van der Waals surface area (Å²) < 4.78 is 4.14.